The monoisotopic (exact) mass is 188 g/mol. The predicted octanol–water partition coefficient (Wildman–Crippen LogP) is 1.59. The van der Waals surface area contributed by atoms with Crippen molar-refractivity contribution in [1.29, 1.82) is 0 Å². The van der Waals surface area contributed by atoms with Crippen molar-refractivity contribution in [2.45, 2.75) is 34.6 Å². The molecule has 0 amide bonds. The average molecular weight is 188 g/mol. The molecule has 0 heterocycles. The van der Waals surface area contributed by atoms with Crippen molar-refractivity contribution in [2.75, 3.05) is 13.2 Å². The Kier molecular flexibility index (Phi) is 3.91. The van der Waals surface area contributed by atoms with Gasteiger partial charge in [0.2, 0.25) is 0 Å². The van der Waals surface area contributed by atoms with Crippen molar-refractivity contribution in [3.63, 3.8) is 0 Å². The molecule has 0 rings (SSSR count). The van der Waals surface area contributed by atoms with Crippen LogP contribution >= 0.6 is 0 Å². The van der Waals surface area contributed by atoms with Crippen LogP contribution in [0.25, 0.3) is 0 Å². The second-order valence-electron chi connectivity index (χ2n) is 5.18. The number of aliphatic hydroxyl groups is 1. The van der Waals surface area contributed by atoms with Crippen LogP contribution in [-0.4, -0.2) is 24.3 Å². The molecule has 0 aromatic rings. The number of esters is 1. The van der Waals surface area contributed by atoms with Gasteiger partial charge in [0.05, 0.1) is 18.6 Å². The third-order valence-corrected chi connectivity index (χ3v) is 1.58. The van der Waals surface area contributed by atoms with E-state index in [9.17, 15) is 4.79 Å². The predicted molar refractivity (Wildman–Crippen MR) is 51.3 cm³/mol. The van der Waals surface area contributed by atoms with Gasteiger partial charge in [-0.2, -0.15) is 0 Å². The molecule has 0 fully saturated rings. The molecule has 0 saturated carbocycles. The minimum atomic E-state index is -0.786. The van der Waals surface area contributed by atoms with E-state index in [1.807, 2.05) is 20.8 Å². The highest BCUT2D eigenvalue weighted by Crippen LogP contribution is 2.19. The number of carbonyl (C=O) groups is 1. The molecule has 3 heteroatoms. The van der Waals surface area contributed by atoms with Crippen LogP contribution in [0.5, 0.6) is 0 Å². The Morgan fingerprint density at radius 2 is 1.69 bits per heavy atom. The van der Waals surface area contributed by atoms with Gasteiger partial charge in [-0.3, -0.25) is 4.79 Å². The van der Waals surface area contributed by atoms with E-state index in [1.54, 1.807) is 13.8 Å². The Balaban J connectivity index is 4.03. The molecule has 0 spiro atoms. The van der Waals surface area contributed by atoms with Crippen molar-refractivity contribution in [3.8, 4) is 0 Å². The van der Waals surface area contributed by atoms with Crippen LogP contribution in [0.2, 0.25) is 0 Å². The third kappa shape index (κ3) is 4.88. The van der Waals surface area contributed by atoms with Crippen LogP contribution in [0.15, 0.2) is 0 Å². The maximum absolute atomic E-state index is 11.4. The zero-order valence-corrected chi connectivity index (χ0v) is 9.18. The van der Waals surface area contributed by atoms with Crippen molar-refractivity contribution in [3.05, 3.63) is 0 Å². The summed E-state index contributed by atoms with van der Waals surface area (Å²) in [5, 5.41) is 8.89. The molecule has 0 aromatic heterocycles. The first-order valence-electron chi connectivity index (χ1n) is 4.47. The molecule has 0 atom stereocenters. The van der Waals surface area contributed by atoms with Crippen molar-refractivity contribution < 1.29 is 14.6 Å². The molecule has 0 aliphatic heterocycles. The van der Waals surface area contributed by atoms with Gasteiger partial charge in [-0.05, 0) is 19.3 Å². The summed E-state index contributed by atoms with van der Waals surface area (Å²) in [5.74, 6) is -0.343. The zero-order chi connectivity index (χ0) is 10.7. The highest BCUT2D eigenvalue weighted by Gasteiger charge is 2.29. The molecule has 13 heavy (non-hydrogen) atoms. The molecule has 0 unspecified atom stereocenters. The summed E-state index contributed by atoms with van der Waals surface area (Å²) in [6.07, 6.45) is 0. The van der Waals surface area contributed by atoms with E-state index < -0.39 is 5.41 Å². The maximum atomic E-state index is 11.4. The normalized spacial score (nSPS) is 12.8. The Bertz CT molecular complexity index is 177. The molecule has 3 nitrogen and oxygen atoms in total. The van der Waals surface area contributed by atoms with Gasteiger partial charge >= 0.3 is 5.97 Å². The largest absolute Gasteiger partial charge is 0.465 e. The van der Waals surface area contributed by atoms with Gasteiger partial charge in [0, 0.05) is 0 Å². The molecule has 1 N–H and O–H groups in total. The minimum absolute atomic E-state index is 0.0266. The lowest BCUT2D eigenvalue weighted by Gasteiger charge is -2.23. The average Bonchev–Trinajstić information content (AvgIpc) is 1.98. The van der Waals surface area contributed by atoms with Crippen molar-refractivity contribution in [1.82, 2.24) is 0 Å². The first kappa shape index (κ1) is 12.4. The summed E-state index contributed by atoms with van der Waals surface area (Å²) < 4.78 is 5.06. The summed E-state index contributed by atoms with van der Waals surface area (Å²) in [4.78, 5) is 11.4. The highest BCUT2D eigenvalue weighted by molar-refractivity contribution is 5.76. The van der Waals surface area contributed by atoms with Gasteiger partial charge in [0.1, 0.15) is 0 Å². The second-order valence-corrected chi connectivity index (χ2v) is 5.18. The standard InChI is InChI=1S/C10H20O3/c1-9(2,3)7-13-8(12)10(4,5)6-11/h11H,6-7H2,1-5H3. The SMILES string of the molecule is CC(C)(C)COC(=O)C(C)(C)CO. The van der Waals surface area contributed by atoms with Crippen LogP contribution in [0, 0.1) is 10.8 Å². The van der Waals surface area contributed by atoms with Crippen molar-refractivity contribution >= 4 is 5.97 Å². The fourth-order valence-corrected chi connectivity index (χ4v) is 0.542. The van der Waals surface area contributed by atoms with Gasteiger partial charge in [-0.1, -0.05) is 20.8 Å². The Labute approximate surface area is 80.1 Å². The smallest absolute Gasteiger partial charge is 0.313 e. The van der Waals surface area contributed by atoms with E-state index in [0.29, 0.717) is 6.61 Å². The summed E-state index contributed by atoms with van der Waals surface area (Å²) in [6.45, 7) is 9.51. The molecule has 0 radical (unpaired) electrons. The molecule has 0 bridgehead atoms. The van der Waals surface area contributed by atoms with Crippen LogP contribution < -0.4 is 0 Å². The summed E-state index contributed by atoms with van der Waals surface area (Å²) >= 11 is 0. The number of ether oxygens (including phenoxy) is 1. The van der Waals surface area contributed by atoms with Gasteiger partial charge in [0.25, 0.3) is 0 Å². The van der Waals surface area contributed by atoms with Gasteiger partial charge in [-0.15, -0.1) is 0 Å². The molecular formula is C10H20O3. The Morgan fingerprint density at radius 3 is 2.00 bits per heavy atom. The van der Waals surface area contributed by atoms with Crippen LogP contribution in [0.4, 0.5) is 0 Å². The molecule has 0 saturated heterocycles. The lowest BCUT2D eigenvalue weighted by Crippen LogP contribution is -2.32. The first-order chi connectivity index (χ1) is 5.69. The summed E-state index contributed by atoms with van der Waals surface area (Å²) in [6, 6.07) is 0. The topological polar surface area (TPSA) is 46.5 Å². The number of aliphatic hydroxyl groups excluding tert-OH is 1. The minimum Gasteiger partial charge on any atom is -0.465 e. The fraction of sp³-hybridized carbons (Fsp3) is 0.900. The zero-order valence-electron chi connectivity index (χ0n) is 9.18. The van der Waals surface area contributed by atoms with E-state index in [2.05, 4.69) is 0 Å². The molecular weight excluding hydrogens is 168 g/mol. The van der Waals surface area contributed by atoms with E-state index in [0.717, 1.165) is 0 Å². The second kappa shape index (κ2) is 4.09. The summed E-state index contributed by atoms with van der Waals surface area (Å²) in [7, 11) is 0. The number of rotatable bonds is 3. The Hall–Kier alpha value is -0.570. The highest BCUT2D eigenvalue weighted by atomic mass is 16.5. The summed E-state index contributed by atoms with van der Waals surface area (Å²) in [5.41, 5.74) is -0.813. The van der Waals surface area contributed by atoms with Crippen LogP contribution in [-0.2, 0) is 9.53 Å². The fourth-order valence-electron chi connectivity index (χ4n) is 0.542. The molecule has 0 aliphatic carbocycles. The van der Waals surface area contributed by atoms with Crippen molar-refractivity contribution in [2.24, 2.45) is 10.8 Å². The number of hydrogen-bond acceptors (Lipinski definition) is 3. The first-order valence-corrected chi connectivity index (χ1v) is 4.47. The lowest BCUT2D eigenvalue weighted by molar-refractivity contribution is -0.158. The molecule has 78 valence electrons. The van der Waals surface area contributed by atoms with E-state index in [-0.39, 0.29) is 18.0 Å². The number of hydrogen-bond donors (Lipinski definition) is 1. The Morgan fingerprint density at radius 1 is 1.23 bits per heavy atom. The van der Waals surface area contributed by atoms with Crippen LogP contribution in [0.3, 0.4) is 0 Å². The quantitative estimate of drug-likeness (QED) is 0.684. The third-order valence-electron chi connectivity index (χ3n) is 1.58. The van der Waals surface area contributed by atoms with Gasteiger partial charge in [0.15, 0.2) is 0 Å². The van der Waals surface area contributed by atoms with E-state index >= 15 is 0 Å². The number of carbonyl (C=O) groups excluding carboxylic acids is 1. The molecule has 0 aliphatic rings. The van der Waals surface area contributed by atoms with Gasteiger partial charge < -0.3 is 9.84 Å². The van der Waals surface area contributed by atoms with E-state index in [4.69, 9.17) is 9.84 Å². The van der Waals surface area contributed by atoms with Gasteiger partial charge in [-0.25, -0.2) is 0 Å². The van der Waals surface area contributed by atoms with Crippen LogP contribution in [0.1, 0.15) is 34.6 Å². The lowest BCUT2D eigenvalue weighted by atomic mass is 9.94. The molecule has 0 aromatic carbocycles. The van der Waals surface area contributed by atoms with E-state index in [1.165, 1.54) is 0 Å². The maximum Gasteiger partial charge on any atom is 0.313 e.